The second-order valence-electron chi connectivity index (χ2n) is 6.51. The zero-order valence-corrected chi connectivity index (χ0v) is 12.9. The Morgan fingerprint density at radius 3 is 2.50 bits per heavy atom. The molecule has 1 fully saturated rings. The standard InChI is InChI=1S/C15H29N3O2/c1-10(2)9-18-14(19)4-5-17-15(20)12-6-11(3)7-13(16)8-12/h10-13H,4-9,16H2,1-3H3,(H,17,20)(H,18,19). The first-order valence-electron chi connectivity index (χ1n) is 7.68. The Morgan fingerprint density at radius 2 is 1.90 bits per heavy atom. The summed E-state index contributed by atoms with van der Waals surface area (Å²) in [5, 5.41) is 5.70. The van der Waals surface area contributed by atoms with Gasteiger partial charge in [-0.1, -0.05) is 20.8 Å². The lowest BCUT2D eigenvalue weighted by atomic mass is 9.79. The minimum absolute atomic E-state index is 0.00675. The first-order chi connectivity index (χ1) is 9.38. The molecule has 0 heterocycles. The van der Waals surface area contributed by atoms with Gasteiger partial charge in [-0.25, -0.2) is 0 Å². The average molecular weight is 283 g/mol. The van der Waals surface area contributed by atoms with Crippen LogP contribution in [0.15, 0.2) is 0 Å². The maximum absolute atomic E-state index is 12.0. The summed E-state index contributed by atoms with van der Waals surface area (Å²) in [6.07, 6.45) is 3.00. The van der Waals surface area contributed by atoms with Crippen molar-refractivity contribution in [2.24, 2.45) is 23.5 Å². The highest BCUT2D eigenvalue weighted by Crippen LogP contribution is 2.27. The van der Waals surface area contributed by atoms with E-state index in [0.717, 1.165) is 19.3 Å². The number of carbonyl (C=O) groups excluding carboxylic acids is 2. The highest BCUT2D eigenvalue weighted by Gasteiger charge is 2.28. The molecule has 0 bridgehead atoms. The molecule has 4 N–H and O–H groups in total. The quantitative estimate of drug-likeness (QED) is 0.680. The zero-order chi connectivity index (χ0) is 15.1. The summed E-state index contributed by atoms with van der Waals surface area (Å²) in [5.74, 6) is 0.992. The molecule has 0 aromatic heterocycles. The molecule has 20 heavy (non-hydrogen) atoms. The Labute approximate surface area is 122 Å². The van der Waals surface area contributed by atoms with E-state index >= 15 is 0 Å². The predicted molar refractivity (Wildman–Crippen MR) is 80.0 cm³/mol. The molecule has 0 spiro atoms. The molecule has 2 amide bonds. The van der Waals surface area contributed by atoms with E-state index in [2.05, 4.69) is 31.4 Å². The van der Waals surface area contributed by atoms with Crippen LogP contribution in [0.3, 0.4) is 0 Å². The van der Waals surface area contributed by atoms with Gasteiger partial charge in [0, 0.05) is 31.5 Å². The Bertz CT molecular complexity index is 321. The molecule has 1 aliphatic rings. The number of nitrogens with one attached hydrogen (secondary N) is 2. The Morgan fingerprint density at radius 1 is 1.20 bits per heavy atom. The van der Waals surface area contributed by atoms with Crippen molar-refractivity contribution in [3.8, 4) is 0 Å². The second kappa shape index (κ2) is 8.25. The number of hydrogen-bond donors (Lipinski definition) is 3. The van der Waals surface area contributed by atoms with Gasteiger partial charge in [-0.3, -0.25) is 9.59 Å². The first kappa shape index (κ1) is 17.0. The normalized spacial score (nSPS) is 26.4. The maximum Gasteiger partial charge on any atom is 0.223 e. The molecule has 1 aliphatic carbocycles. The minimum Gasteiger partial charge on any atom is -0.356 e. The molecule has 1 saturated carbocycles. The molecular weight excluding hydrogens is 254 g/mol. The van der Waals surface area contributed by atoms with Crippen molar-refractivity contribution >= 4 is 11.8 Å². The third-order valence-electron chi connectivity index (χ3n) is 3.71. The van der Waals surface area contributed by atoms with E-state index in [0.29, 0.717) is 31.3 Å². The third-order valence-corrected chi connectivity index (χ3v) is 3.71. The van der Waals surface area contributed by atoms with Crippen LogP contribution in [-0.2, 0) is 9.59 Å². The average Bonchev–Trinajstić information content (AvgIpc) is 2.35. The van der Waals surface area contributed by atoms with Crippen LogP contribution in [0, 0.1) is 17.8 Å². The van der Waals surface area contributed by atoms with Crippen molar-refractivity contribution in [2.75, 3.05) is 13.1 Å². The summed E-state index contributed by atoms with van der Waals surface area (Å²) < 4.78 is 0. The molecule has 3 unspecified atom stereocenters. The Balaban J connectivity index is 2.21. The van der Waals surface area contributed by atoms with Crippen LogP contribution in [0.5, 0.6) is 0 Å². The molecule has 1 rings (SSSR count). The van der Waals surface area contributed by atoms with Crippen molar-refractivity contribution in [2.45, 2.75) is 52.5 Å². The van der Waals surface area contributed by atoms with Gasteiger partial charge in [-0.15, -0.1) is 0 Å². The van der Waals surface area contributed by atoms with E-state index < -0.39 is 0 Å². The van der Waals surface area contributed by atoms with Crippen LogP contribution in [-0.4, -0.2) is 30.9 Å². The Kier molecular flexibility index (Phi) is 6.99. The lowest BCUT2D eigenvalue weighted by molar-refractivity contribution is -0.126. The van der Waals surface area contributed by atoms with Gasteiger partial charge >= 0.3 is 0 Å². The monoisotopic (exact) mass is 283 g/mol. The van der Waals surface area contributed by atoms with Gasteiger partial charge in [0.2, 0.25) is 11.8 Å². The van der Waals surface area contributed by atoms with Gasteiger partial charge in [0.05, 0.1) is 0 Å². The molecule has 5 nitrogen and oxygen atoms in total. The molecule has 0 aromatic carbocycles. The summed E-state index contributed by atoms with van der Waals surface area (Å²) in [6, 6.07) is 0.129. The number of amides is 2. The van der Waals surface area contributed by atoms with Crippen LogP contribution in [0.1, 0.15) is 46.5 Å². The zero-order valence-electron chi connectivity index (χ0n) is 12.9. The van der Waals surface area contributed by atoms with Gasteiger partial charge < -0.3 is 16.4 Å². The van der Waals surface area contributed by atoms with Crippen molar-refractivity contribution in [1.29, 1.82) is 0 Å². The molecular formula is C15H29N3O2. The molecule has 3 atom stereocenters. The molecule has 0 saturated heterocycles. The van der Waals surface area contributed by atoms with E-state index in [-0.39, 0.29) is 23.8 Å². The fourth-order valence-electron chi connectivity index (χ4n) is 2.72. The highest BCUT2D eigenvalue weighted by atomic mass is 16.2. The van der Waals surface area contributed by atoms with Crippen molar-refractivity contribution < 1.29 is 9.59 Å². The summed E-state index contributed by atoms with van der Waals surface area (Å²) in [4.78, 5) is 23.6. The van der Waals surface area contributed by atoms with E-state index in [1.54, 1.807) is 0 Å². The molecule has 0 aliphatic heterocycles. The summed E-state index contributed by atoms with van der Waals surface area (Å²) in [7, 11) is 0. The second-order valence-corrected chi connectivity index (χ2v) is 6.51. The lowest BCUT2D eigenvalue weighted by Gasteiger charge is -2.30. The van der Waals surface area contributed by atoms with E-state index in [4.69, 9.17) is 5.73 Å². The van der Waals surface area contributed by atoms with Crippen LogP contribution in [0.2, 0.25) is 0 Å². The maximum atomic E-state index is 12.0. The summed E-state index contributed by atoms with van der Waals surface area (Å²) >= 11 is 0. The van der Waals surface area contributed by atoms with Crippen LogP contribution >= 0.6 is 0 Å². The van der Waals surface area contributed by atoms with Crippen LogP contribution < -0.4 is 16.4 Å². The highest BCUT2D eigenvalue weighted by molar-refractivity contribution is 5.80. The lowest BCUT2D eigenvalue weighted by Crippen LogP contribution is -2.41. The van der Waals surface area contributed by atoms with E-state index in [1.807, 2.05) is 0 Å². The van der Waals surface area contributed by atoms with Gasteiger partial charge in [-0.2, -0.15) is 0 Å². The number of rotatable bonds is 6. The first-order valence-corrected chi connectivity index (χ1v) is 7.68. The van der Waals surface area contributed by atoms with E-state index in [9.17, 15) is 9.59 Å². The van der Waals surface area contributed by atoms with Crippen molar-refractivity contribution in [1.82, 2.24) is 10.6 Å². The van der Waals surface area contributed by atoms with Crippen LogP contribution in [0.4, 0.5) is 0 Å². The van der Waals surface area contributed by atoms with Crippen LogP contribution in [0.25, 0.3) is 0 Å². The SMILES string of the molecule is CC(C)CNC(=O)CCNC(=O)C1CC(C)CC(N)C1. The predicted octanol–water partition coefficient (Wildman–Crippen LogP) is 1.03. The smallest absolute Gasteiger partial charge is 0.223 e. The Hall–Kier alpha value is -1.10. The fraction of sp³-hybridized carbons (Fsp3) is 0.867. The molecule has 0 radical (unpaired) electrons. The van der Waals surface area contributed by atoms with E-state index in [1.165, 1.54) is 0 Å². The van der Waals surface area contributed by atoms with Crippen molar-refractivity contribution in [3.05, 3.63) is 0 Å². The number of hydrogen-bond acceptors (Lipinski definition) is 3. The molecule has 116 valence electrons. The topological polar surface area (TPSA) is 84.2 Å². The minimum atomic E-state index is -0.00675. The summed E-state index contributed by atoms with van der Waals surface area (Å²) in [6.45, 7) is 7.33. The largest absolute Gasteiger partial charge is 0.356 e. The molecule has 0 aromatic rings. The third kappa shape index (κ3) is 6.37. The number of nitrogens with two attached hydrogens (primary N) is 1. The van der Waals surface area contributed by atoms with Gasteiger partial charge in [-0.05, 0) is 31.1 Å². The van der Waals surface area contributed by atoms with Gasteiger partial charge in [0.25, 0.3) is 0 Å². The van der Waals surface area contributed by atoms with Gasteiger partial charge in [0.15, 0.2) is 0 Å². The van der Waals surface area contributed by atoms with Gasteiger partial charge in [0.1, 0.15) is 0 Å². The van der Waals surface area contributed by atoms with Crippen molar-refractivity contribution in [3.63, 3.8) is 0 Å². The molecule has 5 heteroatoms. The summed E-state index contributed by atoms with van der Waals surface area (Å²) in [5.41, 5.74) is 5.95. The number of carbonyl (C=O) groups is 2. The fourth-order valence-corrected chi connectivity index (χ4v) is 2.72.